The number of rotatable bonds is 2. The van der Waals surface area contributed by atoms with Gasteiger partial charge in [0, 0.05) is 12.7 Å². The Morgan fingerprint density at radius 1 is 1.35 bits per heavy atom. The Labute approximate surface area is 120 Å². The van der Waals surface area contributed by atoms with Crippen molar-refractivity contribution in [2.24, 2.45) is 0 Å². The van der Waals surface area contributed by atoms with Crippen LogP contribution in [0.1, 0.15) is 31.9 Å². The standard InChI is InChI=1S/C16H21NO3/c1-12-8-9-14(13(11-12)7-6-10-19-5)17-15(18)20-16(2,3)4/h8-9,11H,10H2,1-5H3,(H,17,18). The minimum Gasteiger partial charge on any atom is -0.444 e. The average molecular weight is 275 g/mol. The normalized spacial score (nSPS) is 10.4. The van der Waals surface area contributed by atoms with Crippen molar-refractivity contribution in [3.05, 3.63) is 29.3 Å². The monoisotopic (exact) mass is 275 g/mol. The van der Waals surface area contributed by atoms with E-state index < -0.39 is 11.7 Å². The van der Waals surface area contributed by atoms with Crippen molar-refractivity contribution in [3.63, 3.8) is 0 Å². The quantitative estimate of drug-likeness (QED) is 0.842. The molecule has 1 aromatic rings. The summed E-state index contributed by atoms with van der Waals surface area (Å²) in [6.45, 7) is 7.78. The summed E-state index contributed by atoms with van der Waals surface area (Å²) in [4.78, 5) is 11.8. The van der Waals surface area contributed by atoms with E-state index in [1.54, 1.807) is 7.11 Å². The predicted molar refractivity (Wildman–Crippen MR) is 79.8 cm³/mol. The number of carbonyl (C=O) groups excluding carboxylic acids is 1. The molecule has 1 aromatic carbocycles. The second-order valence-corrected chi connectivity index (χ2v) is 5.41. The van der Waals surface area contributed by atoms with E-state index in [2.05, 4.69) is 17.2 Å². The first kappa shape index (κ1) is 16.1. The lowest BCUT2D eigenvalue weighted by Gasteiger charge is -2.20. The van der Waals surface area contributed by atoms with Crippen molar-refractivity contribution in [3.8, 4) is 11.8 Å². The van der Waals surface area contributed by atoms with E-state index in [0.29, 0.717) is 12.3 Å². The van der Waals surface area contributed by atoms with Gasteiger partial charge in [-0.2, -0.15) is 0 Å². The van der Waals surface area contributed by atoms with Crippen molar-refractivity contribution in [1.82, 2.24) is 0 Å². The fraction of sp³-hybridized carbons (Fsp3) is 0.438. The zero-order chi connectivity index (χ0) is 15.2. The number of hydrogen-bond donors (Lipinski definition) is 1. The Hall–Kier alpha value is -1.99. The first-order valence-corrected chi connectivity index (χ1v) is 6.40. The largest absolute Gasteiger partial charge is 0.444 e. The fourth-order valence-electron chi connectivity index (χ4n) is 1.49. The maximum Gasteiger partial charge on any atom is 0.412 e. The van der Waals surface area contributed by atoms with Crippen molar-refractivity contribution in [2.45, 2.75) is 33.3 Å². The van der Waals surface area contributed by atoms with E-state index in [1.807, 2.05) is 45.9 Å². The molecule has 0 fully saturated rings. The van der Waals surface area contributed by atoms with E-state index in [4.69, 9.17) is 9.47 Å². The van der Waals surface area contributed by atoms with Crippen LogP contribution >= 0.6 is 0 Å². The highest BCUT2D eigenvalue weighted by molar-refractivity contribution is 5.87. The zero-order valence-corrected chi connectivity index (χ0v) is 12.7. The van der Waals surface area contributed by atoms with E-state index in [0.717, 1.165) is 11.1 Å². The molecule has 0 aliphatic carbocycles. The van der Waals surface area contributed by atoms with Crippen LogP contribution < -0.4 is 5.32 Å². The molecule has 0 aliphatic heterocycles. The maximum atomic E-state index is 11.8. The van der Waals surface area contributed by atoms with E-state index in [-0.39, 0.29) is 0 Å². The van der Waals surface area contributed by atoms with Crippen LogP contribution in [-0.4, -0.2) is 25.4 Å². The topological polar surface area (TPSA) is 47.6 Å². The molecule has 0 unspecified atom stereocenters. The van der Waals surface area contributed by atoms with Crippen LogP contribution in [0.3, 0.4) is 0 Å². The fourth-order valence-corrected chi connectivity index (χ4v) is 1.49. The molecule has 20 heavy (non-hydrogen) atoms. The van der Waals surface area contributed by atoms with Crippen molar-refractivity contribution in [2.75, 3.05) is 19.0 Å². The van der Waals surface area contributed by atoms with Gasteiger partial charge in [-0.05, 0) is 45.4 Å². The summed E-state index contributed by atoms with van der Waals surface area (Å²) in [5.74, 6) is 5.85. The van der Waals surface area contributed by atoms with E-state index in [1.165, 1.54) is 0 Å². The lowest BCUT2D eigenvalue weighted by Crippen LogP contribution is -2.27. The number of ether oxygens (including phenoxy) is 2. The SMILES string of the molecule is COCC#Cc1cc(C)ccc1NC(=O)OC(C)(C)C. The Morgan fingerprint density at radius 2 is 2.05 bits per heavy atom. The second-order valence-electron chi connectivity index (χ2n) is 5.41. The van der Waals surface area contributed by atoms with Gasteiger partial charge in [0.15, 0.2) is 0 Å². The minimum atomic E-state index is -0.531. The van der Waals surface area contributed by atoms with Gasteiger partial charge in [-0.25, -0.2) is 4.79 Å². The molecule has 1 amide bonds. The molecule has 0 aromatic heterocycles. The number of aryl methyl sites for hydroxylation is 1. The first-order chi connectivity index (χ1) is 9.31. The summed E-state index contributed by atoms with van der Waals surface area (Å²) in [5, 5.41) is 2.72. The van der Waals surface area contributed by atoms with Gasteiger partial charge >= 0.3 is 6.09 Å². The van der Waals surface area contributed by atoms with Crippen LogP contribution in [0.2, 0.25) is 0 Å². The second kappa shape index (κ2) is 6.97. The Balaban J connectivity index is 2.90. The number of methoxy groups -OCH3 is 1. The van der Waals surface area contributed by atoms with Crippen molar-refractivity contribution >= 4 is 11.8 Å². The van der Waals surface area contributed by atoms with Crippen LogP contribution in [0.15, 0.2) is 18.2 Å². The van der Waals surface area contributed by atoms with Crippen LogP contribution in [0.4, 0.5) is 10.5 Å². The summed E-state index contributed by atoms with van der Waals surface area (Å²) in [5.41, 5.74) is 1.92. The van der Waals surface area contributed by atoms with Gasteiger partial charge in [-0.3, -0.25) is 5.32 Å². The number of carbonyl (C=O) groups is 1. The summed E-state index contributed by atoms with van der Waals surface area (Å²) >= 11 is 0. The van der Waals surface area contributed by atoms with Crippen LogP contribution in [0.5, 0.6) is 0 Å². The smallest absolute Gasteiger partial charge is 0.412 e. The van der Waals surface area contributed by atoms with Gasteiger partial charge in [-0.15, -0.1) is 0 Å². The molecular formula is C16H21NO3. The van der Waals surface area contributed by atoms with E-state index >= 15 is 0 Å². The summed E-state index contributed by atoms with van der Waals surface area (Å²) in [6.07, 6.45) is -0.490. The highest BCUT2D eigenvalue weighted by atomic mass is 16.6. The van der Waals surface area contributed by atoms with Gasteiger partial charge in [0.2, 0.25) is 0 Å². The Bertz CT molecular complexity index is 533. The molecule has 0 saturated heterocycles. The van der Waals surface area contributed by atoms with Crippen LogP contribution in [0, 0.1) is 18.8 Å². The van der Waals surface area contributed by atoms with Crippen LogP contribution in [0.25, 0.3) is 0 Å². The maximum absolute atomic E-state index is 11.8. The third kappa shape index (κ3) is 5.77. The summed E-state index contributed by atoms with van der Waals surface area (Å²) in [6, 6.07) is 5.64. The zero-order valence-electron chi connectivity index (χ0n) is 12.7. The number of benzene rings is 1. The Kier molecular flexibility index (Phi) is 5.60. The molecule has 108 valence electrons. The number of anilines is 1. The summed E-state index contributed by atoms with van der Waals surface area (Å²) < 4.78 is 10.1. The highest BCUT2D eigenvalue weighted by Gasteiger charge is 2.16. The molecular weight excluding hydrogens is 254 g/mol. The lowest BCUT2D eigenvalue weighted by molar-refractivity contribution is 0.0636. The molecule has 0 saturated carbocycles. The van der Waals surface area contributed by atoms with E-state index in [9.17, 15) is 4.79 Å². The predicted octanol–water partition coefficient (Wildman–Crippen LogP) is 3.34. The number of nitrogens with one attached hydrogen (secondary N) is 1. The molecule has 0 aliphatic rings. The molecule has 0 spiro atoms. The molecule has 1 rings (SSSR count). The number of hydrogen-bond acceptors (Lipinski definition) is 3. The Morgan fingerprint density at radius 3 is 2.65 bits per heavy atom. The average Bonchev–Trinajstić information content (AvgIpc) is 2.30. The van der Waals surface area contributed by atoms with Gasteiger partial charge in [-0.1, -0.05) is 17.9 Å². The lowest BCUT2D eigenvalue weighted by atomic mass is 10.1. The summed E-state index contributed by atoms with van der Waals surface area (Å²) in [7, 11) is 1.59. The molecule has 4 nitrogen and oxygen atoms in total. The molecule has 0 bridgehead atoms. The minimum absolute atomic E-state index is 0.347. The van der Waals surface area contributed by atoms with Gasteiger partial charge in [0.1, 0.15) is 12.2 Å². The van der Waals surface area contributed by atoms with Gasteiger partial charge < -0.3 is 9.47 Å². The molecule has 1 N–H and O–H groups in total. The van der Waals surface area contributed by atoms with Gasteiger partial charge in [0.25, 0.3) is 0 Å². The molecule has 4 heteroatoms. The molecule has 0 heterocycles. The third-order valence-electron chi connectivity index (χ3n) is 2.25. The van der Waals surface area contributed by atoms with Crippen molar-refractivity contribution < 1.29 is 14.3 Å². The van der Waals surface area contributed by atoms with Crippen LogP contribution in [-0.2, 0) is 9.47 Å². The molecule has 0 atom stereocenters. The molecule has 0 radical (unpaired) electrons. The highest BCUT2D eigenvalue weighted by Crippen LogP contribution is 2.18. The van der Waals surface area contributed by atoms with Crippen molar-refractivity contribution in [1.29, 1.82) is 0 Å². The van der Waals surface area contributed by atoms with Gasteiger partial charge in [0.05, 0.1) is 5.69 Å². The first-order valence-electron chi connectivity index (χ1n) is 6.40. The third-order valence-corrected chi connectivity index (χ3v) is 2.25. The number of amides is 1.